The van der Waals surface area contributed by atoms with Crippen molar-refractivity contribution in [2.24, 2.45) is 11.8 Å². The molecule has 3 amide bonds. The van der Waals surface area contributed by atoms with Gasteiger partial charge in [-0.25, -0.2) is 4.79 Å². The fourth-order valence-corrected chi connectivity index (χ4v) is 5.52. The number of carboxylic acid groups (broad SMARTS) is 2. The highest BCUT2D eigenvalue weighted by Crippen LogP contribution is 2.25. The van der Waals surface area contributed by atoms with Gasteiger partial charge in [0.1, 0.15) is 18.1 Å². The molecule has 0 radical (unpaired) electrons. The molecule has 1 aliphatic carbocycles. The molecule has 12 heteroatoms. The number of benzene rings is 1. The summed E-state index contributed by atoms with van der Waals surface area (Å²) in [5.74, 6) is -4.47. The molecule has 1 fully saturated rings. The molecule has 4 atom stereocenters. The van der Waals surface area contributed by atoms with E-state index in [1.165, 1.54) is 32.1 Å². The second kappa shape index (κ2) is 16.1. The summed E-state index contributed by atoms with van der Waals surface area (Å²) in [6.45, 7) is 5.57. The van der Waals surface area contributed by atoms with Gasteiger partial charge in [0, 0.05) is 23.5 Å². The standard InChI is InChI=1S/C31H45N5O7/c1-18(2)27(31(42)43)36-30(41)24(15-21-17-33-23-12-8-7-11-22(21)23)35-29(40)25(16-26(37)38)34-28(39)19(3)32-14-13-20-9-5-4-6-10-20/h7-8,11-12,17-20,24-25,27,32-33H,4-6,9-10,13-16H2,1-3H3,(H,34,39)(H,35,40)(H,36,41)(H,37,38)(H,42,43)/t19-,24-,25-,27-/m0/s1. The molecule has 0 spiro atoms. The SMILES string of the molecule is CC(C)[C@H](NC(=O)[C@H](Cc1c[nH]c2ccccc12)NC(=O)[C@H](CC(=O)O)NC(=O)[C@H](C)NCCC1CCCCC1)C(=O)O. The van der Waals surface area contributed by atoms with Crippen molar-refractivity contribution in [1.82, 2.24) is 26.3 Å². The predicted molar refractivity (Wildman–Crippen MR) is 161 cm³/mol. The topological polar surface area (TPSA) is 190 Å². The summed E-state index contributed by atoms with van der Waals surface area (Å²) in [6.07, 6.45) is 8.01. The lowest BCUT2D eigenvalue weighted by Crippen LogP contribution is -2.58. The molecule has 43 heavy (non-hydrogen) atoms. The van der Waals surface area contributed by atoms with Crippen LogP contribution in [-0.2, 0) is 30.4 Å². The molecule has 0 bridgehead atoms. The maximum Gasteiger partial charge on any atom is 0.326 e. The second-order valence-electron chi connectivity index (χ2n) is 11.8. The molecular formula is C31H45N5O7. The lowest BCUT2D eigenvalue weighted by Gasteiger charge is -2.26. The molecule has 1 aromatic carbocycles. The van der Waals surface area contributed by atoms with E-state index in [1.807, 2.05) is 24.3 Å². The first-order valence-electron chi connectivity index (χ1n) is 15.1. The van der Waals surface area contributed by atoms with Crippen LogP contribution in [0, 0.1) is 11.8 Å². The summed E-state index contributed by atoms with van der Waals surface area (Å²) < 4.78 is 0. The summed E-state index contributed by atoms with van der Waals surface area (Å²) in [5, 5.41) is 30.7. The monoisotopic (exact) mass is 599 g/mol. The molecule has 1 aromatic heterocycles. The van der Waals surface area contributed by atoms with Crippen molar-refractivity contribution in [3.05, 3.63) is 36.0 Å². The number of carboxylic acids is 2. The number of para-hydroxylation sites is 1. The van der Waals surface area contributed by atoms with Gasteiger partial charge in [-0.1, -0.05) is 64.2 Å². The number of H-pyrrole nitrogens is 1. The minimum absolute atomic E-state index is 0.00111. The zero-order chi connectivity index (χ0) is 31.5. The summed E-state index contributed by atoms with van der Waals surface area (Å²) >= 11 is 0. The second-order valence-corrected chi connectivity index (χ2v) is 11.8. The number of aromatic nitrogens is 1. The van der Waals surface area contributed by atoms with Crippen LogP contribution in [0.2, 0.25) is 0 Å². The highest BCUT2D eigenvalue weighted by molar-refractivity contribution is 5.96. The summed E-state index contributed by atoms with van der Waals surface area (Å²) in [4.78, 5) is 66.2. The molecular weight excluding hydrogens is 554 g/mol. The van der Waals surface area contributed by atoms with Gasteiger partial charge in [0.25, 0.3) is 0 Å². The molecule has 0 unspecified atom stereocenters. The van der Waals surface area contributed by atoms with Crippen molar-refractivity contribution < 1.29 is 34.2 Å². The minimum atomic E-state index is -1.45. The number of aromatic amines is 1. The Balaban J connectivity index is 1.72. The lowest BCUT2D eigenvalue weighted by atomic mass is 9.87. The van der Waals surface area contributed by atoms with Crippen LogP contribution >= 0.6 is 0 Å². The van der Waals surface area contributed by atoms with Gasteiger partial charge < -0.3 is 36.5 Å². The molecule has 1 saturated carbocycles. The van der Waals surface area contributed by atoms with Gasteiger partial charge in [-0.05, 0) is 43.4 Å². The number of hydrogen-bond donors (Lipinski definition) is 7. The zero-order valence-corrected chi connectivity index (χ0v) is 25.2. The average molecular weight is 600 g/mol. The molecule has 0 aliphatic heterocycles. The first kappa shape index (κ1) is 33.6. The van der Waals surface area contributed by atoms with E-state index in [2.05, 4.69) is 26.3 Å². The molecule has 1 heterocycles. The molecule has 2 aromatic rings. The van der Waals surface area contributed by atoms with E-state index in [0.29, 0.717) is 18.0 Å². The fraction of sp³-hybridized carbons (Fsp3) is 0.581. The van der Waals surface area contributed by atoms with E-state index < -0.39 is 66.2 Å². The van der Waals surface area contributed by atoms with Crippen LogP contribution in [-0.4, -0.2) is 75.6 Å². The first-order valence-corrected chi connectivity index (χ1v) is 15.1. The maximum absolute atomic E-state index is 13.4. The molecule has 12 nitrogen and oxygen atoms in total. The van der Waals surface area contributed by atoms with E-state index >= 15 is 0 Å². The van der Waals surface area contributed by atoms with Crippen molar-refractivity contribution in [1.29, 1.82) is 0 Å². The van der Waals surface area contributed by atoms with Crippen LogP contribution in [0.1, 0.15) is 71.3 Å². The number of carbonyl (C=O) groups is 5. The van der Waals surface area contributed by atoms with Crippen LogP contribution in [0.5, 0.6) is 0 Å². The van der Waals surface area contributed by atoms with Crippen molar-refractivity contribution in [2.75, 3.05) is 6.54 Å². The fourth-order valence-electron chi connectivity index (χ4n) is 5.52. The number of amides is 3. The van der Waals surface area contributed by atoms with Crippen LogP contribution in [0.15, 0.2) is 30.5 Å². The molecule has 0 saturated heterocycles. The quantitative estimate of drug-likeness (QED) is 0.153. The van der Waals surface area contributed by atoms with Crippen molar-refractivity contribution >= 4 is 40.6 Å². The van der Waals surface area contributed by atoms with Gasteiger partial charge in [-0.2, -0.15) is 0 Å². The highest BCUT2D eigenvalue weighted by Gasteiger charge is 2.32. The number of fused-ring (bicyclic) bond motifs is 1. The van der Waals surface area contributed by atoms with Crippen LogP contribution in [0.4, 0.5) is 0 Å². The summed E-state index contributed by atoms with van der Waals surface area (Å²) in [5.41, 5.74) is 1.51. The van der Waals surface area contributed by atoms with Gasteiger partial charge in [0.2, 0.25) is 17.7 Å². The summed E-state index contributed by atoms with van der Waals surface area (Å²) in [7, 11) is 0. The van der Waals surface area contributed by atoms with E-state index in [-0.39, 0.29) is 6.42 Å². The minimum Gasteiger partial charge on any atom is -0.481 e. The molecule has 7 N–H and O–H groups in total. The van der Waals surface area contributed by atoms with E-state index in [0.717, 1.165) is 17.3 Å². The van der Waals surface area contributed by atoms with Crippen molar-refractivity contribution in [2.45, 2.75) is 96.3 Å². The Bertz CT molecular complexity index is 1270. The number of nitrogens with one attached hydrogen (secondary N) is 5. The average Bonchev–Trinajstić information content (AvgIpc) is 3.37. The van der Waals surface area contributed by atoms with Gasteiger partial charge in [-0.3, -0.25) is 19.2 Å². The Kier molecular flexibility index (Phi) is 12.5. The number of carbonyl (C=O) groups excluding carboxylic acids is 3. The largest absolute Gasteiger partial charge is 0.481 e. The van der Waals surface area contributed by atoms with E-state index in [9.17, 15) is 34.2 Å². The predicted octanol–water partition coefficient (Wildman–Crippen LogP) is 2.33. The Labute approximate surface area is 251 Å². The third kappa shape index (κ3) is 10.1. The van der Waals surface area contributed by atoms with Gasteiger partial charge in [0.05, 0.1) is 12.5 Å². The smallest absolute Gasteiger partial charge is 0.326 e. The Hall–Kier alpha value is -3.93. The van der Waals surface area contributed by atoms with Gasteiger partial charge in [0.15, 0.2) is 0 Å². The maximum atomic E-state index is 13.4. The van der Waals surface area contributed by atoms with Crippen LogP contribution < -0.4 is 21.3 Å². The Morgan fingerprint density at radius 3 is 2.19 bits per heavy atom. The molecule has 3 rings (SSSR count). The number of rotatable bonds is 16. The Morgan fingerprint density at radius 2 is 1.53 bits per heavy atom. The van der Waals surface area contributed by atoms with E-state index in [4.69, 9.17) is 0 Å². The molecule has 1 aliphatic rings. The Morgan fingerprint density at radius 1 is 0.884 bits per heavy atom. The van der Waals surface area contributed by atoms with Gasteiger partial charge >= 0.3 is 11.9 Å². The third-order valence-corrected chi connectivity index (χ3v) is 8.10. The van der Waals surface area contributed by atoms with E-state index in [1.54, 1.807) is 27.0 Å². The first-order chi connectivity index (χ1) is 20.5. The zero-order valence-electron chi connectivity index (χ0n) is 25.2. The molecule has 236 valence electrons. The lowest BCUT2D eigenvalue weighted by molar-refractivity contribution is -0.144. The third-order valence-electron chi connectivity index (χ3n) is 8.10. The number of hydrogen-bond acceptors (Lipinski definition) is 6. The van der Waals surface area contributed by atoms with Crippen LogP contribution in [0.3, 0.4) is 0 Å². The van der Waals surface area contributed by atoms with Crippen LogP contribution in [0.25, 0.3) is 10.9 Å². The number of aliphatic carboxylic acids is 2. The van der Waals surface area contributed by atoms with Crippen molar-refractivity contribution in [3.63, 3.8) is 0 Å². The van der Waals surface area contributed by atoms with Gasteiger partial charge in [-0.15, -0.1) is 0 Å². The highest BCUT2D eigenvalue weighted by atomic mass is 16.4. The summed E-state index contributed by atoms with van der Waals surface area (Å²) in [6, 6.07) is 2.81. The van der Waals surface area contributed by atoms with Crippen molar-refractivity contribution in [3.8, 4) is 0 Å². The normalized spacial score (nSPS) is 16.7.